The van der Waals surface area contributed by atoms with E-state index in [4.69, 9.17) is 0 Å². The van der Waals surface area contributed by atoms with Gasteiger partial charge in [0.2, 0.25) is 0 Å². The number of nitrogens with one attached hydrogen (secondary N) is 1. The summed E-state index contributed by atoms with van der Waals surface area (Å²) in [6.07, 6.45) is 10.3. The summed E-state index contributed by atoms with van der Waals surface area (Å²) in [6, 6.07) is 3.83. The van der Waals surface area contributed by atoms with Gasteiger partial charge in [0.05, 0.1) is 0 Å². The van der Waals surface area contributed by atoms with E-state index in [1.165, 1.54) is 0 Å². The number of aldehydes is 1. The summed E-state index contributed by atoms with van der Waals surface area (Å²) in [6.45, 7) is 13.5. The number of aromatic hydroxyl groups is 1. The number of unbranched alkanes of at least 4 members (excludes halogenated alkanes) is 3. The number of rotatable bonds is 9. The lowest BCUT2D eigenvalue weighted by molar-refractivity contribution is -0.110. The number of aromatic nitrogens is 4. The molecule has 0 radical (unpaired) electrons. The number of nitrogens with zero attached hydrogens (tertiary/aromatic N) is 4. The predicted octanol–water partition coefficient (Wildman–Crippen LogP) is 5.73. The highest BCUT2D eigenvalue weighted by Gasteiger charge is 2.27. The van der Waals surface area contributed by atoms with Gasteiger partial charge in [-0.15, -0.1) is 5.10 Å². The minimum absolute atomic E-state index is 0.196. The van der Waals surface area contributed by atoms with Crippen molar-refractivity contribution in [3.63, 3.8) is 0 Å². The number of carbonyl (C=O) groups is 1. The molecular weight excluding hydrogens is 458 g/mol. The average Bonchev–Trinajstić information content (AvgIpc) is 3.29. The van der Waals surface area contributed by atoms with Crippen molar-refractivity contribution in [3.05, 3.63) is 51.2 Å². The Balaban J connectivity index is 1.72. The second-order valence-corrected chi connectivity index (χ2v) is 12.2. The fourth-order valence-corrected chi connectivity index (χ4v) is 5.17. The van der Waals surface area contributed by atoms with Crippen LogP contribution in [0, 0.1) is 0 Å². The SMILES string of the molecule is CC(C)(C)c1cc(C=C2SC=CN(CCCCCCc3nnn[nH]3)C2C=O)cc(C(C)(C)C)c1O. The Kier molecular flexibility index (Phi) is 8.80. The molecule has 0 amide bonds. The van der Waals surface area contributed by atoms with Crippen molar-refractivity contribution in [1.29, 1.82) is 0 Å². The molecule has 0 saturated heterocycles. The van der Waals surface area contributed by atoms with E-state index in [1.54, 1.807) is 11.8 Å². The molecule has 0 aliphatic carbocycles. The van der Waals surface area contributed by atoms with Gasteiger partial charge in [0.1, 0.15) is 23.9 Å². The number of thioether (sulfide) groups is 1. The normalized spacial score (nSPS) is 17.8. The van der Waals surface area contributed by atoms with Crippen LogP contribution in [-0.4, -0.2) is 49.5 Å². The predicted molar refractivity (Wildman–Crippen MR) is 143 cm³/mol. The zero-order valence-electron chi connectivity index (χ0n) is 21.8. The lowest BCUT2D eigenvalue weighted by Gasteiger charge is -2.32. The molecule has 1 atom stereocenters. The number of aryl methyl sites for hydroxylation is 1. The first-order valence-electron chi connectivity index (χ1n) is 12.4. The topological polar surface area (TPSA) is 95.0 Å². The molecule has 3 rings (SSSR count). The first kappa shape index (κ1) is 27.0. The van der Waals surface area contributed by atoms with Gasteiger partial charge in [-0.05, 0) is 63.3 Å². The van der Waals surface area contributed by atoms with Crippen molar-refractivity contribution < 1.29 is 9.90 Å². The summed E-state index contributed by atoms with van der Waals surface area (Å²) in [5.41, 5.74) is 2.47. The van der Waals surface area contributed by atoms with Crippen LogP contribution < -0.4 is 0 Å². The molecule has 0 bridgehead atoms. The molecule has 7 nitrogen and oxygen atoms in total. The summed E-state index contributed by atoms with van der Waals surface area (Å²) >= 11 is 1.59. The van der Waals surface area contributed by atoms with E-state index in [1.807, 2.05) is 6.20 Å². The van der Waals surface area contributed by atoms with Crippen molar-refractivity contribution in [2.75, 3.05) is 6.54 Å². The molecule has 190 valence electrons. The molecule has 2 aromatic rings. The Morgan fingerprint density at radius 1 is 1.06 bits per heavy atom. The molecule has 1 aromatic carbocycles. The lowest BCUT2D eigenvalue weighted by atomic mass is 9.78. The van der Waals surface area contributed by atoms with Gasteiger partial charge < -0.3 is 14.8 Å². The molecule has 1 unspecified atom stereocenters. The third-order valence-electron chi connectivity index (χ3n) is 6.26. The van der Waals surface area contributed by atoms with Crippen molar-refractivity contribution in [1.82, 2.24) is 25.5 Å². The Morgan fingerprint density at radius 2 is 1.71 bits per heavy atom. The van der Waals surface area contributed by atoms with Gasteiger partial charge in [0, 0.05) is 35.2 Å². The van der Waals surface area contributed by atoms with Crippen LogP contribution in [0.5, 0.6) is 5.75 Å². The van der Waals surface area contributed by atoms with Gasteiger partial charge in [-0.25, -0.2) is 5.10 Å². The quantitative estimate of drug-likeness (QED) is 0.337. The van der Waals surface area contributed by atoms with Gasteiger partial charge in [-0.3, -0.25) is 0 Å². The van der Waals surface area contributed by atoms with E-state index in [0.717, 1.165) is 72.4 Å². The maximum atomic E-state index is 12.2. The van der Waals surface area contributed by atoms with Crippen LogP contribution in [0.25, 0.3) is 6.08 Å². The van der Waals surface area contributed by atoms with Crippen LogP contribution in [0.4, 0.5) is 0 Å². The van der Waals surface area contributed by atoms with E-state index in [2.05, 4.69) is 90.7 Å². The number of hydrogen-bond donors (Lipinski definition) is 2. The molecule has 35 heavy (non-hydrogen) atoms. The Labute approximate surface area is 213 Å². The number of tetrazole rings is 1. The van der Waals surface area contributed by atoms with E-state index >= 15 is 0 Å². The summed E-state index contributed by atoms with van der Waals surface area (Å²) in [5.74, 6) is 1.20. The number of phenols is 1. The Hall–Kier alpha value is -2.61. The summed E-state index contributed by atoms with van der Waals surface area (Å²) in [7, 11) is 0. The molecule has 1 aliphatic heterocycles. The smallest absolute Gasteiger partial charge is 0.148 e. The summed E-state index contributed by atoms with van der Waals surface area (Å²) in [4.78, 5) is 15.3. The average molecular weight is 498 g/mol. The van der Waals surface area contributed by atoms with Crippen molar-refractivity contribution >= 4 is 24.1 Å². The summed E-state index contributed by atoms with van der Waals surface area (Å²) in [5, 5.41) is 27.0. The molecule has 1 aromatic heterocycles. The maximum Gasteiger partial charge on any atom is 0.148 e. The van der Waals surface area contributed by atoms with Gasteiger partial charge >= 0.3 is 0 Å². The minimum atomic E-state index is -0.296. The van der Waals surface area contributed by atoms with Gasteiger partial charge in [-0.1, -0.05) is 66.1 Å². The largest absolute Gasteiger partial charge is 0.507 e. The number of benzene rings is 1. The Bertz CT molecular complexity index is 1010. The molecule has 0 fully saturated rings. The van der Waals surface area contributed by atoms with Crippen molar-refractivity contribution in [2.24, 2.45) is 0 Å². The number of carbonyl (C=O) groups excluding carboxylic acids is 1. The second kappa shape index (κ2) is 11.4. The molecule has 2 N–H and O–H groups in total. The zero-order valence-corrected chi connectivity index (χ0v) is 22.7. The first-order chi connectivity index (χ1) is 16.5. The maximum absolute atomic E-state index is 12.2. The van der Waals surface area contributed by atoms with Crippen LogP contribution >= 0.6 is 11.8 Å². The van der Waals surface area contributed by atoms with Crippen LogP contribution in [-0.2, 0) is 22.0 Å². The minimum Gasteiger partial charge on any atom is -0.507 e. The fraction of sp³-hybridized carbons (Fsp3) is 0.556. The highest BCUT2D eigenvalue weighted by molar-refractivity contribution is 8.06. The van der Waals surface area contributed by atoms with Crippen LogP contribution in [0.1, 0.15) is 89.7 Å². The van der Waals surface area contributed by atoms with Crippen LogP contribution in [0.3, 0.4) is 0 Å². The van der Waals surface area contributed by atoms with Gasteiger partial charge in [0.25, 0.3) is 0 Å². The molecule has 0 saturated carbocycles. The monoisotopic (exact) mass is 497 g/mol. The number of H-pyrrole nitrogens is 1. The van der Waals surface area contributed by atoms with Crippen LogP contribution in [0.2, 0.25) is 0 Å². The highest BCUT2D eigenvalue weighted by atomic mass is 32.2. The number of phenolic OH excluding ortho intramolecular Hbond substituents is 1. The second-order valence-electron chi connectivity index (χ2n) is 11.2. The van der Waals surface area contributed by atoms with Gasteiger partial charge in [-0.2, -0.15) is 0 Å². The standard InChI is InChI=1S/C27H39N5O2S/c1-26(2,3)20-15-19(16-21(25(20)34)27(4,5)6)17-23-22(18-33)32(13-14-35-23)12-10-8-7-9-11-24-28-30-31-29-24/h13-18,22,34H,7-12H2,1-6H3,(H,28,29,30,31). The lowest BCUT2D eigenvalue weighted by Crippen LogP contribution is -2.35. The highest BCUT2D eigenvalue weighted by Crippen LogP contribution is 2.41. The van der Waals surface area contributed by atoms with Crippen molar-refractivity contribution in [3.8, 4) is 5.75 Å². The molecule has 1 aliphatic rings. The van der Waals surface area contributed by atoms with Gasteiger partial charge in [0.15, 0.2) is 0 Å². The molecule has 2 heterocycles. The molecule has 0 spiro atoms. The Morgan fingerprint density at radius 3 is 2.29 bits per heavy atom. The summed E-state index contributed by atoms with van der Waals surface area (Å²) < 4.78 is 0. The fourth-order valence-electron chi connectivity index (χ4n) is 4.26. The van der Waals surface area contributed by atoms with E-state index in [9.17, 15) is 9.90 Å². The van der Waals surface area contributed by atoms with E-state index in [0.29, 0.717) is 5.75 Å². The van der Waals surface area contributed by atoms with Crippen LogP contribution in [0.15, 0.2) is 28.6 Å². The number of hydrogen-bond acceptors (Lipinski definition) is 7. The number of aromatic amines is 1. The van der Waals surface area contributed by atoms with Crippen molar-refractivity contribution in [2.45, 2.75) is 90.5 Å². The first-order valence-corrected chi connectivity index (χ1v) is 13.2. The molecule has 8 heteroatoms. The molecular formula is C27H39N5O2S. The zero-order chi connectivity index (χ0) is 25.6. The third-order valence-corrected chi connectivity index (χ3v) is 7.15. The van der Waals surface area contributed by atoms with E-state index in [-0.39, 0.29) is 16.9 Å². The van der Waals surface area contributed by atoms with E-state index < -0.39 is 0 Å². The third kappa shape index (κ3) is 7.19.